The van der Waals surface area contributed by atoms with Crippen LogP contribution in [-0.2, 0) is 11.2 Å². The third-order valence-electron chi connectivity index (χ3n) is 7.23. The molecular formula is C28H27F2KN4O3. The molecule has 4 heterocycles. The first-order valence-electron chi connectivity index (χ1n) is 12.2. The summed E-state index contributed by atoms with van der Waals surface area (Å²) in [6.07, 6.45) is 5.20. The largest absolute Gasteiger partial charge is 1.00 e. The van der Waals surface area contributed by atoms with Gasteiger partial charge in [0.25, 0.3) is 0 Å². The number of aryl methyl sites for hydroxylation is 1. The van der Waals surface area contributed by atoms with Crippen LogP contribution in [0.3, 0.4) is 0 Å². The van der Waals surface area contributed by atoms with Crippen LogP contribution in [0.2, 0.25) is 0 Å². The van der Waals surface area contributed by atoms with E-state index >= 15 is 0 Å². The van der Waals surface area contributed by atoms with E-state index in [-0.39, 0.29) is 57.1 Å². The van der Waals surface area contributed by atoms with Crippen LogP contribution in [0.5, 0.6) is 5.75 Å². The third kappa shape index (κ3) is 5.94. The van der Waals surface area contributed by atoms with E-state index < -0.39 is 18.0 Å². The molecule has 0 spiro atoms. The Kier molecular flexibility index (Phi) is 8.88. The molecule has 0 unspecified atom stereocenters. The van der Waals surface area contributed by atoms with Crippen molar-refractivity contribution in [3.05, 3.63) is 77.9 Å². The number of hydrogen-bond acceptors (Lipinski definition) is 6. The van der Waals surface area contributed by atoms with Crippen molar-refractivity contribution >= 4 is 17.4 Å². The quantitative estimate of drug-likeness (QED) is 0.326. The van der Waals surface area contributed by atoms with Gasteiger partial charge < -0.3 is 23.9 Å². The van der Waals surface area contributed by atoms with E-state index in [4.69, 9.17) is 4.74 Å². The molecule has 0 aliphatic carbocycles. The van der Waals surface area contributed by atoms with Gasteiger partial charge in [0.2, 0.25) is 0 Å². The molecule has 38 heavy (non-hydrogen) atoms. The van der Waals surface area contributed by atoms with Gasteiger partial charge in [0.1, 0.15) is 17.2 Å². The fraction of sp³-hybridized carbons (Fsp3) is 0.321. The summed E-state index contributed by atoms with van der Waals surface area (Å²) < 4.78 is 32.5. The molecule has 0 bridgehead atoms. The number of piperidine rings is 1. The predicted molar refractivity (Wildman–Crippen MR) is 134 cm³/mol. The number of aliphatic carboxylic acids is 1. The maximum Gasteiger partial charge on any atom is 1.00 e. The maximum absolute atomic E-state index is 12.9. The van der Waals surface area contributed by atoms with Gasteiger partial charge in [0, 0.05) is 65.7 Å². The van der Waals surface area contributed by atoms with E-state index in [1.165, 1.54) is 0 Å². The summed E-state index contributed by atoms with van der Waals surface area (Å²) in [6, 6.07) is 14.6. The van der Waals surface area contributed by atoms with Gasteiger partial charge in [0.15, 0.2) is 0 Å². The molecule has 0 saturated carbocycles. The van der Waals surface area contributed by atoms with Crippen LogP contribution in [0.1, 0.15) is 36.7 Å². The van der Waals surface area contributed by atoms with Crippen LogP contribution in [0.15, 0.2) is 60.9 Å². The molecule has 1 aliphatic rings. The van der Waals surface area contributed by atoms with E-state index in [9.17, 15) is 18.7 Å². The van der Waals surface area contributed by atoms with Gasteiger partial charge in [-0.25, -0.2) is 9.97 Å². The van der Waals surface area contributed by atoms with E-state index in [2.05, 4.69) is 14.9 Å². The average Bonchev–Trinajstić information content (AvgIpc) is 3.19. The first-order valence-corrected chi connectivity index (χ1v) is 12.2. The van der Waals surface area contributed by atoms with Crippen molar-refractivity contribution in [3.8, 4) is 16.9 Å². The Morgan fingerprint density at radius 1 is 1.11 bits per heavy atom. The number of anilines is 1. The van der Waals surface area contributed by atoms with E-state index in [0.717, 1.165) is 34.0 Å². The maximum atomic E-state index is 12.9. The van der Waals surface area contributed by atoms with Crippen LogP contribution in [0.4, 0.5) is 14.6 Å². The van der Waals surface area contributed by atoms with Gasteiger partial charge in [-0.15, -0.1) is 0 Å². The van der Waals surface area contributed by atoms with Crippen molar-refractivity contribution in [2.75, 3.05) is 18.0 Å². The number of alkyl halides is 2. The minimum atomic E-state index is -2.89. The van der Waals surface area contributed by atoms with E-state index in [0.29, 0.717) is 37.9 Å². The van der Waals surface area contributed by atoms with Gasteiger partial charge in [0.05, 0.1) is 5.69 Å². The van der Waals surface area contributed by atoms with Crippen molar-refractivity contribution in [2.24, 2.45) is 5.41 Å². The summed E-state index contributed by atoms with van der Waals surface area (Å²) in [4.78, 5) is 22.8. The zero-order valence-electron chi connectivity index (χ0n) is 21.7. The Labute approximate surface area is 262 Å². The molecular weight excluding hydrogens is 517 g/mol. The Bertz CT molecular complexity index is 1430. The molecule has 0 atom stereocenters. The number of carboxylic acid groups (broad SMARTS) is 1. The molecule has 0 N–H and O–H groups in total. The van der Waals surface area contributed by atoms with Crippen LogP contribution >= 0.6 is 0 Å². The van der Waals surface area contributed by atoms with Crippen LogP contribution in [-0.4, -0.2) is 40.0 Å². The average molecular weight is 545 g/mol. The number of imidazole rings is 1. The number of nitrogens with zero attached hydrogens (tertiary/aromatic N) is 4. The van der Waals surface area contributed by atoms with Crippen molar-refractivity contribution in [1.29, 1.82) is 0 Å². The molecule has 0 radical (unpaired) electrons. The Morgan fingerprint density at radius 2 is 1.82 bits per heavy atom. The van der Waals surface area contributed by atoms with Gasteiger partial charge >= 0.3 is 58.0 Å². The predicted octanol–water partition coefficient (Wildman–Crippen LogP) is 1.26. The Balaban J connectivity index is 0.00000336. The van der Waals surface area contributed by atoms with Gasteiger partial charge in [-0.1, -0.05) is 25.1 Å². The van der Waals surface area contributed by atoms with E-state index in [1.54, 1.807) is 37.4 Å². The normalized spacial score (nSPS) is 14.9. The number of para-hydroxylation sites is 1. The summed E-state index contributed by atoms with van der Waals surface area (Å²) in [5, 5.41) is 11.4. The molecule has 3 aromatic heterocycles. The molecule has 1 aromatic carbocycles. The topological polar surface area (TPSA) is 82.8 Å². The summed E-state index contributed by atoms with van der Waals surface area (Å²) in [5.74, 6) is -0.0366. The SMILES string of the molecule is Cc1nc2ccc(-c3ccc(N4CCC(C)(C(=O)[O-])CC4)nc3)cn2c1Cc1ccccc1OC(F)F.[K+]. The number of carbonyl (C=O) groups excluding carboxylic acids is 1. The molecule has 1 saturated heterocycles. The first-order chi connectivity index (χ1) is 17.7. The number of pyridine rings is 2. The molecule has 1 fully saturated rings. The van der Waals surface area contributed by atoms with Gasteiger partial charge in [-0.3, -0.25) is 0 Å². The number of rotatable bonds is 7. The molecule has 0 amide bonds. The number of hydrogen-bond donors (Lipinski definition) is 0. The number of benzene rings is 1. The number of ether oxygens (including phenoxy) is 1. The van der Waals surface area contributed by atoms with Crippen molar-refractivity contribution in [2.45, 2.75) is 39.7 Å². The number of fused-ring (bicyclic) bond motifs is 1. The minimum absolute atomic E-state index is 0. The summed E-state index contributed by atoms with van der Waals surface area (Å²) in [7, 11) is 0. The Hall–Kier alpha value is -2.37. The monoisotopic (exact) mass is 544 g/mol. The zero-order valence-corrected chi connectivity index (χ0v) is 24.8. The number of halogens is 2. The smallest absolute Gasteiger partial charge is 0.550 e. The molecule has 192 valence electrons. The van der Waals surface area contributed by atoms with Crippen molar-refractivity contribution in [1.82, 2.24) is 14.4 Å². The van der Waals surface area contributed by atoms with Crippen molar-refractivity contribution < 1.29 is 74.8 Å². The summed E-state index contributed by atoms with van der Waals surface area (Å²) >= 11 is 0. The van der Waals surface area contributed by atoms with Crippen molar-refractivity contribution in [3.63, 3.8) is 0 Å². The standard InChI is InChI=1S/C28H28F2N4O3.K/c1-18-22(15-19-5-3-4-6-23(19)37-27(29)30)34-17-21(8-10-25(34)32-18)20-7-9-24(31-16-20)33-13-11-28(2,12-14-33)26(35)36;/h3-10,16-17,27H,11-15H2,1-2H3,(H,35,36);/q;+1/p-1. The van der Waals surface area contributed by atoms with Gasteiger partial charge in [-0.2, -0.15) is 8.78 Å². The fourth-order valence-electron chi connectivity index (χ4n) is 4.81. The second kappa shape index (κ2) is 11.8. The second-order valence-corrected chi connectivity index (χ2v) is 9.69. The van der Waals surface area contributed by atoms with Crippen LogP contribution < -0.4 is 66.1 Å². The first kappa shape index (κ1) is 28.6. The molecule has 4 aromatic rings. The molecule has 7 nitrogen and oxygen atoms in total. The van der Waals surface area contributed by atoms with E-state index in [1.807, 2.05) is 41.8 Å². The number of carbonyl (C=O) groups is 1. The Morgan fingerprint density at radius 3 is 2.47 bits per heavy atom. The minimum Gasteiger partial charge on any atom is -0.550 e. The van der Waals surface area contributed by atoms with Crippen LogP contribution in [0, 0.1) is 12.3 Å². The molecule has 10 heteroatoms. The summed E-state index contributed by atoms with van der Waals surface area (Å²) in [6.45, 7) is 1.96. The number of carboxylic acids is 1. The number of aromatic nitrogens is 3. The van der Waals surface area contributed by atoms with Gasteiger partial charge in [-0.05, 0) is 50.1 Å². The third-order valence-corrected chi connectivity index (χ3v) is 7.23. The molecule has 5 rings (SSSR count). The fourth-order valence-corrected chi connectivity index (χ4v) is 4.81. The summed E-state index contributed by atoms with van der Waals surface area (Å²) in [5.41, 5.74) is 4.17. The molecule has 1 aliphatic heterocycles. The zero-order chi connectivity index (χ0) is 26.2. The van der Waals surface area contributed by atoms with Crippen LogP contribution in [0.25, 0.3) is 16.8 Å². The second-order valence-electron chi connectivity index (χ2n) is 9.69.